The van der Waals surface area contributed by atoms with Crippen LogP contribution in [0.15, 0.2) is 5.16 Å². The summed E-state index contributed by atoms with van der Waals surface area (Å²) in [5.41, 5.74) is 5.41. The summed E-state index contributed by atoms with van der Waals surface area (Å²) in [6.45, 7) is 6.74. The Labute approximate surface area is 84.3 Å². The molecule has 0 amide bonds. The highest BCUT2D eigenvalue weighted by Gasteiger charge is 2.38. The van der Waals surface area contributed by atoms with Crippen LogP contribution >= 0.6 is 0 Å². The summed E-state index contributed by atoms with van der Waals surface area (Å²) in [5.74, 6) is 0.199. The molecule has 0 bridgehead atoms. The average Bonchev–Trinajstić information content (AvgIpc) is 2.45. The fourth-order valence-corrected chi connectivity index (χ4v) is 1.68. The molecule has 0 aliphatic carbocycles. The standard InChI is InChI=1S/C9H19N3O2/c1-6(8(10)12-13)11-9(3)4-5-14-7(9)2/h6-7,11,13H,4-5H2,1-3H3,(H2,10,12). The van der Waals surface area contributed by atoms with E-state index in [0.717, 1.165) is 13.0 Å². The largest absolute Gasteiger partial charge is 0.409 e. The number of ether oxygens (including phenoxy) is 1. The lowest BCUT2D eigenvalue weighted by atomic mass is 9.93. The van der Waals surface area contributed by atoms with Crippen LogP contribution < -0.4 is 11.1 Å². The molecule has 1 aliphatic heterocycles. The first kappa shape index (κ1) is 11.3. The van der Waals surface area contributed by atoms with Crippen molar-refractivity contribution >= 4 is 5.84 Å². The molecule has 1 fully saturated rings. The number of hydrogen-bond acceptors (Lipinski definition) is 4. The molecule has 0 spiro atoms. The van der Waals surface area contributed by atoms with Crippen LogP contribution in [-0.2, 0) is 4.74 Å². The summed E-state index contributed by atoms with van der Waals surface area (Å²) in [7, 11) is 0. The van der Waals surface area contributed by atoms with Gasteiger partial charge in [-0.1, -0.05) is 5.16 Å². The zero-order valence-corrected chi connectivity index (χ0v) is 8.95. The van der Waals surface area contributed by atoms with E-state index in [1.807, 2.05) is 13.8 Å². The van der Waals surface area contributed by atoms with Crippen molar-refractivity contribution < 1.29 is 9.94 Å². The van der Waals surface area contributed by atoms with Crippen molar-refractivity contribution in [2.75, 3.05) is 6.61 Å². The van der Waals surface area contributed by atoms with Gasteiger partial charge in [0.05, 0.1) is 12.1 Å². The van der Waals surface area contributed by atoms with Crippen molar-refractivity contribution in [1.82, 2.24) is 5.32 Å². The molecule has 1 aliphatic rings. The lowest BCUT2D eigenvalue weighted by Gasteiger charge is -2.32. The molecule has 82 valence electrons. The van der Waals surface area contributed by atoms with Gasteiger partial charge in [0.2, 0.25) is 0 Å². The van der Waals surface area contributed by atoms with Crippen LogP contribution in [0.5, 0.6) is 0 Å². The van der Waals surface area contributed by atoms with Crippen molar-refractivity contribution in [2.24, 2.45) is 10.9 Å². The summed E-state index contributed by atoms with van der Waals surface area (Å²) in [6.07, 6.45) is 1.09. The first-order valence-electron chi connectivity index (χ1n) is 4.86. The molecule has 1 rings (SSSR count). The van der Waals surface area contributed by atoms with E-state index in [1.54, 1.807) is 0 Å². The molecule has 0 aromatic carbocycles. The number of rotatable bonds is 3. The molecule has 14 heavy (non-hydrogen) atoms. The number of nitrogens with two attached hydrogens (primary N) is 1. The number of oxime groups is 1. The van der Waals surface area contributed by atoms with Crippen LogP contribution in [0.2, 0.25) is 0 Å². The summed E-state index contributed by atoms with van der Waals surface area (Å²) in [6, 6.07) is -0.144. The van der Waals surface area contributed by atoms with E-state index in [4.69, 9.17) is 15.7 Å². The van der Waals surface area contributed by atoms with Crippen LogP contribution in [0.1, 0.15) is 27.2 Å². The number of amidine groups is 1. The molecule has 4 N–H and O–H groups in total. The van der Waals surface area contributed by atoms with E-state index in [9.17, 15) is 0 Å². The highest BCUT2D eigenvalue weighted by molar-refractivity contribution is 5.84. The highest BCUT2D eigenvalue weighted by atomic mass is 16.5. The molecule has 5 heteroatoms. The van der Waals surface area contributed by atoms with Gasteiger partial charge >= 0.3 is 0 Å². The van der Waals surface area contributed by atoms with E-state index >= 15 is 0 Å². The lowest BCUT2D eigenvalue weighted by Crippen LogP contribution is -2.55. The van der Waals surface area contributed by atoms with E-state index in [-0.39, 0.29) is 23.5 Å². The van der Waals surface area contributed by atoms with Gasteiger partial charge in [0.1, 0.15) is 0 Å². The Bertz CT molecular complexity index is 232. The smallest absolute Gasteiger partial charge is 0.156 e. The molecule has 5 nitrogen and oxygen atoms in total. The van der Waals surface area contributed by atoms with E-state index in [2.05, 4.69) is 17.4 Å². The van der Waals surface area contributed by atoms with Gasteiger partial charge in [0.15, 0.2) is 5.84 Å². The van der Waals surface area contributed by atoms with Gasteiger partial charge in [-0.15, -0.1) is 0 Å². The third-order valence-corrected chi connectivity index (χ3v) is 2.99. The summed E-state index contributed by atoms with van der Waals surface area (Å²) >= 11 is 0. The SMILES string of the molecule is CC(NC1(C)CCOC1C)C(N)=NO. The predicted octanol–water partition coefficient (Wildman–Crippen LogP) is 0.278. The monoisotopic (exact) mass is 201 g/mol. The molecule has 3 atom stereocenters. The Hall–Kier alpha value is -0.810. The summed E-state index contributed by atoms with van der Waals surface area (Å²) < 4.78 is 5.48. The zero-order valence-electron chi connectivity index (χ0n) is 8.95. The second-order valence-corrected chi connectivity index (χ2v) is 4.07. The minimum Gasteiger partial charge on any atom is -0.409 e. The Morgan fingerprint density at radius 3 is 2.86 bits per heavy atom. The molecule has 0 aromatic heterocycles. The minimum atomic E-state index is -0.144. The fraction of sp³-hybridized carbons (Fsp3) is 0.889. The molecule has 1 saturated heterocycles. The van der Waals surface area contributed by atoms with Gasteiger partial charge in [0, 0.05) is 12.1 Å². The quantitative estimate of drug-likeness (QED) is 0.265. The second kappa shape index (κ2) is 4.14. The van der Waals surface area contributed by atoms with Crippen LogP contribution in [0.25, 0.3) is 0 Å². The maximum absolute atomic E-state index is 8.52. The third-order valence-electron chi connectivity index (χ3n) is 2.99. The Kier molecular flexibility index (Phi) is 3.34. The maximum Gasteiger partial charge on any atom is 0.156 e. The van der Waals surface area contributed by atoms with Gasteiger partial charge < -0.3 is 15.7 Å². The topological polar surface area (TPSA) is 79.9 Å². The van der Waals surface area contributed by atoms with Crippen molar-refractivity contribution in [1.29, 1.82) is 0 Å². The van der Waals surface area contributed by atoms with E-state index in [1.165, 1.54) is 0 Å². The van der Waals surface area contributed by atoms with Gasteiger partial charge in [-0.3, -0.25) is 5.32 Å². The van der Waals surface area contributed by atoms with Gasteiger partial charge in [-0.05, 0) is 27.2 Å². The lowest BCUT2D eigenvalue weighted by molar-refractivity contribution is 0.0874. The van der Waals surface area contributed by atoms with Crippen molar-refractivity contribution in [3.63, 3.8) is 0 Å². The van der Waals surface area contributed by atoms with Crippen LogP contribution in [-0.4, -0.2) is 35.3 Å². The molecule has 0 aromatic rings. The van der Waals surface area contributed by atoms with Gasteiger partial charge in [-0.25, -0.2) is 0 Å². The number of nitrogens with one attached hydrogen (secondary N) is 1. The molecule has 3 unspecified atom stereocenters. The summed E-state index contributed by atoms with van der Waals surface area (Å²) in [5, 5.41) is 14.8. The first-order valence-corrected chi connectivity index (χ1v) is 4.86. The van der Waals surface area contributed by atoms with E-state index in [0.29, 0.717) is 0 Å². The van der Waals surface area contributed by atoms with Crippen molar-refractivity contribution in [2.45, 2.75) is 44.9 Å². The minimum absolute atomic E-state index is 0.0886. The average molecular weight is 201 g/mol. The third kappa shape index (κ3) is 2.16. The van der Waals surface area contributed by atoms with E-state index < -0.39 is 0 Å². The van der Waals surface area contributed by atoms with Gasteiger partial charge in [0.25, 0.3) is 0 Å². The normalized spacial score (nSPS) is 35.9. The highest BCUT2D eigenvalue weighted by Crippen LogP contribution is 2.25. The number of hydrogen-bond donors (Lipinski definition) is 3. The first-order chi connectivity index (χ1) is 6.49. The summed E-state index contributed by atoms with van der Waals surface area (Å²) in [4.78, 5) is 0. The van der Waals surface area contributed by atoms with Gasteiger partial charge in [-0.2, -0.15) is 0 Å². The van der Waals surface area contributed by atoms with Crippen LogP contribution in [0.4, 0.5) is 0 Å². The maximum atomic E-state index is 8.52. The van der Waals surface area contributed by atoms with Crippen LogP contribution in [0.3, 0.4) is 0 Å². The Morgan fingerprint density at radius 1 is 1.79 bits per heavy atom. The Morgan fingerprint density at radius 2 is 2.43 bits per heavy atom. The molecular weight excluding hydrogens is 182 g/mol. The molecule has 1 heterocycles. The van der Waals surface area contributed by atoms with Crippen LogP contribution in [0, 0.1) is 0 Å². The Balaban J connectivity index is 2.58. The van der Waals surface area contributed by atoms with Crippen molar-refractivity contribution in [3.05, 3.63) is 0 Å². The molecular formula is C9H19N3O2. The second-order valence-electron chi connectivity index (χ2n) is 4.07. The fourth-order valence-electron chi connectivity index (χ4n) is 1.68. The zero-order chi connectivity index (χ0) is 10.8. The van der Waals surface area contributed by atoms with Crippen molar-refractivity contribution in [3.8, 4) is 0 Å². The number of nitrogens with zero attached hydrogens (tertiary/aromatic N) is 1. The predicted molar refractivity (Wildman–Crippen MR) is 54.4 cm³/mol. The molecule has 0 saturated carbocycles. The molecule has 0 radical (unpaired) electrons.